The number of benzene rings is 1. The van der Waals surface area contributed by atoms with Crippen molar-refractivity contribution in [3.05, 3.63) is 51.3 Å². The van der Waals surface area contributed by atoms with Gasteiger partial charge in [0.05, 0.1) is 11.7 Å². The first-order valence-electron chi connectivity index (χ1n) is 8.66. The second-order valence-corrected chi connectivity index (χ2v) is 7.10. The van der Waals surface area contributed by atoms with Crippen LogP contribution in [-0.2, 0) is 0 Å². The lowest BCUT2D eigenvalue weighted by Crippen LogP contribution is -2.39. The van der Waals surface area contributed by atoms with Crippen LogP contribution in [-0.4, -0.2) is 24.2 Å². The van der Waals surface area contributed by atoms with Gasteiger partial charge in [-0.05, 0) is 39.3 Å². The van der Waals surface area contributed by atoms with E-state index in [2.05, 4.69) is 64.6 Å². The number of aryl methyl sites for hydroxylation is 2. The van der Waals surface area contributed by atoms with E-state index in [-0.39, 0.29) is 12.0 Å². The van der Waals surface area contributed by atoms with Crippen LogP contribution in [0.3, 0.4) is 0 Å². The number of halogens is 1. The first kappa shape index (κ1) is 19.5. The van der Waals surface area contributed by atoms with Crippen LogP contribution in [0.5, 0.6) is 0 Å². The summed E-state index contributed by atoms with van der Waals surface area (Å²) in [5.74, 6) is 1.93. The molecule has 2 unspecified atom stereocenters. The number of nitrogens with one attached hydrogen (secondary N) is 2. The fraction of sp³-hybridized carbons (Fsp3) is 0.474. The lowest BCUT2D eigenvalue weighted by atomic mass is 10.00. The summed E-state index contributed by atoms with van der Waals surface area (Å²) in [4.78, 5) is 4.76. The van der Waals surface area contributed by atoms with Crippen LogP contribution >= 0.6 is 15.9 Å². The number of aromatic nitrogens is 1. The molecule has 0 amide bonds. The summed E-state index contributed by atoms with van der Waals surface area (Å²) in [5, 5.41) is 10.8. The molecule has 2 aromatic rings. The van der Waals surface area contributed by atoms with Crippen molar-refractivity contribution >= 4 is 21.9 Å². The molecule has 1 heterocycles. The van der Waals surface area contributed by atoms with Gasteiger partial charge in [-0.15, -0.1) is 0 Å². The molecule has 2 rings (SSSR count). The molecular weight excluding hydrogens is 380 g/mol. The Bertz CT molecular complexity index is 706. The van der Waals surface area contributed by atoms with Crippen LogP contribution in [0.15, 0.2) is 38.3 Å². The number of nitrogens with zero attached hydrogens (tertiary/aromatic N) is 2. The van der Waals surface area contributed by atoms with Crippen molar-refractivity contribution in [2.45, 2.75) is 46.6 Å². The molecule has 0 fully saturated rings. The summed E-state index contributed by atoms with van der Waals surface area (Å²) in [6.07, 6.45) is 0. The third kappa shape index (κ3) is 5.08. The van der Waals surface area contributed by atoms with Crippen molar-refractivity contribution in [2.24, 2.45) is 4.99 Å². The van der Waals surface area contributed by atoms with Crippen LogP contribution in [0.4, 0.5) is 0 Å². The number of aliphatic imine (C=N–C) groups is 1. The highest BCUT2D eigenvalue weighted by molar-refractivity contribution is 9.10. The SMILES string of the molecule is CCNC(=NCC(C)c1c(C)noc1C)NC(C)c1ccccc1Br. The third-order valence-electron chi connectivity index (χ3n) is 4.17. The first-order chi connectivity index (χ1) is 11.9. The number of hydrogen-bond donors (Lipinski definition) is 2. The molecule has 0 aliphatic carbocycles. The van der Waals surface area contributed by atoms with E-state index >= 15 is 0 Å². The zero-order valence-corrected chi connectivity index (χ0v) is 17.1. The maximum atomic E-state index is 5.27. The summed E-state index contributed by atoms with van der Waals surface area (Å²) >= 11 is 3.61. The molecule has 2 atom stereocenters. The van der Waals surface area contributed by atoms with Crippen molar-refractivity contribution in [1.82, 2.24) is 15.8 Å². The normalized spacial score (nSPS) is 14.2. The minimum atomic E-state index is 0.141. The molecule has 136 valence electrons. The van der Waals surface area contributed by atoms with Gasteiger partial charge in [0.25, 0.3) is 0 Å². The van der Waals surface area contributed by atoms with Crippen molar-refractivity contribution in [2.75, 3.05) is 13.1 Å². The standard InChI is InChI=1S/C19H27BrN4O/c1-6-21-19(23-13(3)16-9-7-8-10-17(16)20)22-11-12(2)18-14(4)24-25-15(18)5/h7-10,12-13H,6,11H2,1-5H3,(H2,21,22,23). The van der Waals surface area contributed by atoms with E-state index in [4.69, 9.17) is 9.52 Å². The minimum absolute atomic E-state index is 0.141. The predicted octanol–water partition coefficient (Wildman–Crippen LogP) is 4.47. The molecule has 1 aromatic heterocycles. The molecule has 2 N–H and O–H groups in total. The second-order valence-electron chi connectivity index (χ2n) is 6.25. The van der Waals surface area contributed by atoms with Gasteiger partial charge in [0.1, 0.15) is 5.76 Å². The smallest absolute Gasteiger partial charge is 0.191 e. The molecule has 0 bridgehead atoms. The van der Waals surface area contributed by atoms with Crippen LogP contribution in [0.1, 0.15) is 55.3 Å². The molecule has 0 aliphatic heterocycles. The summed E-state index contributed by atoms with van der Waals surface area (Å²) in [6, 6.07) is 8.37. The van der Waals surface area contributed by atoms with Crippen LogP contribution in [0.2, 0.25) is 0 Å². The fourth-order valence-electron chi connectivity index (χ4n) is 2.94. The monoisotopic (exact) mass is 406 g/mol. The van der Waals surface area contributed by atoms with Crippen molar-refractivity contribution in [3.63, 3.8) is 0 Å². The van der Waals surface area contributed by atoms with Gasteiger partial charge in [0.15, 0.2) is 5.96 Å². The minimum Gasteiger partial charge on any atom is -0.361 e. The Morgan fingerprint density at radius 3 is 2.60 bits per heavy atom. The number of guanidine groups is 1. The van der Waals surface area contributed by atoms with Gasteiger partial charge in [0.2, 0.25) is 0 Å². The summed E-state index contributed by atoms with van der Waals surface area (Å²) in [6.45, 7) is 11.8. The number of rotatable bonds is 6. The van der Waals surface area contributed by atoms with Gasteiger partial charge in [0, 0.05) is 29.0 Å². The predicted molar refractivity (Wildman–Crippen MR) is 106 cm³/mol. The highest BCUT2D eigenvalue weighted by Gasteiger charge is 2.17. The zero-order chi connectivity index (χ0) is 18.4. The Hall–Kier alpha value is -1.82. The van der Waals surface area contributed by atoms with Gasteiger partial charge in [-0.1, -0.05) is 46.2 Å². The van der Waals surface area contributed by atoms with Gasteiger partial charge in [-0.2, -0.15) is 0 Å². The Morgan fingerprint density at radius 1 is 1.28 bits per heavy atom. The zero-order valence-electron chi connectivity index (χ0n) is 15.6. The van der Waals surface area contributed by atoms with E-state index in [1.165, 1.54) is 5.56 Å². The van der Waals surface area contributed by atoms with E-state index < -0.39 is 0 Å². The van der Waals surface area contributed by atoms with Gasteiger partial charge >= 0.3 is 0 Å². The quantitative estimate of drug-likeness (QED) is 0.548. The summed E-state index contributed by atoms with van der Waals surface area (Å²) < 4.78 is 6.36. The maximum Gasteiger partial charge on any atom is 0.191 e. The largest absolute Gasteiger partial charge is 0.361 e. The van der Waals surface area contributed by atoms with Crippen LogP contribution < -0.4 is 10.6 Å². The van der Waals surface area contributed by atoms with Gasteiger partial charge < -0.3 is 15.2 Å². The molecule has 0 aliphatic rings. The molecule has 1 aromatic carbocycles. The molecule has 0 saturated carbocycles. The van der Waals surface area contributed by atoms with Crippen LogP contribution in [0.25, 0.3) is 0 Å². The number of hydrogen-bond acceptors (Lipinski definition) is 3. The highest BCUT2D eigenvalue weighted by atomic mass is 79.9. The second kappa shape index (κ2) is 9.04. The molecule has 6 heteroatoms. The maximum absolute atomic E-state index is 5.27. The molecule has 0 radical (unpaired) electrons. The van der Waals surface area contributed by atoms with E-state index in [1.54, 1.807) is 0 Å². The molecule has 0 spiro atoms. The highest BCUT2D eigenvalue weighted by Crippen LogP contribution is 2.24. The Kier molecular flexibility index (Phi) is 7.05. The Morgan fingerprint density at radius 2 is 2.00 bits per heavy atom. The molecule has 25 heavy (non-hydrogen) atoms. The van der Waals surface area contributed by atoms with E-state index in [9.17, 15) is 0 Å². The fourth-order valence-corrected chi connectivity index (χ4v) is 3.57. The molecule has 0 saturated heterocycles. The van der Waals surface area contributed by atoms with E-state index in [0.29, 0.717) is 6.54 Å². The van der Waals surface area contributed by atoms with E-state index in [1.807, 2.05) is 26.0 Å². The van der Waals surface area contributed by atoms with E-state index in [0.717, 1.165) is 34.0 Å². The van der Waals surface area contributed by atoms with Crippen LogP contribution in [0, 0.1) is 13.8 Å². The molecule has 5 nitrogen and oxygen atoms in total. The summed E-state index contributed by atoms with van der Waals surface area (Å²) in [7, 11) is 0. The Labute approximate surface area is 158 Å². The van der Waals surface area contributed by atoms with Gasteiger partial charge in [-0.3, -0.25) is 4.99 Å². The van der Waals surface area contributed by atoms with Gasteiger partial charge in [-0.25, -0.2) is 0 Å². The first-order valence-corrected chi connectivity index (χ1v) is 9.45. The topological polar surface area (TPSA) is 62.5 Å². The molecular formula is C19H27BrN4O. The lowest BCUT2D eigenvalue weighted by molar-refractivity contribution is 0.391. The van der Waals surface area contributed by atoms with Crippen molar-refractivity contribution < 1.29 is 4.52 Å². The third-order valence-corrected chi connectivity index (χ3v) is 4.90. The Balaban J connectivity index is 2.09. The van der Waals surface area contributed by atoms with Crippen molar-refractivity contribution in [3.8, 4) is 0 Å². The van der Waals surface area contributed by atoms with Crippen molar-refractivity contribution in [1.29, 1.82) is 0 Å². The average Bonchev–Trinajstić information content (AvgIpc) is 2.91. The average molecular weight is 407 g/mol. The summed E-state index contributed by atoms with van der Waals surface area (Å²) in [5.41, 5.74) is 3.30. The lowest BCUT2D eigenvalue weighted by Gasteiger charge is -2.20.